The first-order valence-corrected chi connectivity index (χ1v) is 5.98. The van der Waals surface area contributed by atoms with Crippen LogP contribution < -0.4 is 0 Å². The van der Waals surface area contributed by atoms with Crippen LogP contribution in [0.5, 0.6) is 0 Å². The van der Waals surface area contributed by atoms with E-state index in [9.17, 15) is 0 Å². The Morgan fingerprint density at radius 1 is 1.00 bits per heavy atom. The third kappa shape index (κ3) is 3.17. The van der Waals surface area contributed by atoms with Crippen molar-refractivity contribution in [1.82, 2.24) is 0 Å². The largest absolute Gasteiger partial charge is 0.382 e. The molecule has 1 aliphatic heterocycles. The Morgan fingerprint density at radius 2 is 1.62 bits per heavy atom. The average molecular weight is 232 g/mol. The van der Waals surface area contributed by atoms with Gasteiger partial charge >= 0.3 is 0 Å². The summed E-state index contributed by atoms with van der Waals surface area (Å²) < 4.78 is 22.0. The van der Waals surface area contributed by atoms with Gasteiger partial charge in [0.2, 0.25) is 0 Å². The minimum Gasteiger partial charge on any atom is -0.382 e. The van der Waals surface area contributed by atoms with E-state index in [0.29, 0.717) is 6.61 Å². The molecule has 4 atom stereocenters. The van der Waals surface area contributed by atoms with Crippen LogP contribution in [0, 0.1) is 0 Å². The molecule has 4 nitrogen and oxygen atoms in total. The minimum atomic E-state index is -0.0215. The molecule has 0 aliphatic carbocycles. The second-order valence-electron chi connectivity index (χ2n) is 4.21. The Balaban J connectivity index is 2.58. The van der Waals surface area contributed by atoms with Crippen LogP contribution >= 0.6 is 0 Å². The highest BCUT2D eigenvalue weighted by Crippen LogP contribution is 2.29. The van der Waals surface area contributed by atoms with Crippen LogP contribution in [0.2, 0.25) is 0 Å². The summed E-state index contributed by atoms with van der Waals surface area (Å²) in [5.74, 6) is 0. The molecule has 0 spiro atoms. The fraction of sp³-hybridized carbons (Fsp3) is 1.00. The summed E-state index contributed by atoms with van der Waals surface area (Å²) in [4.78, 5) is 0. The summed E-state index contributed by atoms with van der Waals surface area (Å²) in [6.45, 7) is 2.73. The lowest BCUT2D eigenvalue weighted by Crippen LogP contribution is -2.37. The molecular formula is C12H24O4. The summed E-state index contributed by atoms with van der Waals surface area (Å²) in [6.07, 6.45) is 3.47. The third-order valence-electron chi connectivity index (χ3n) is 3.12. The summed E-state index contributed by atoms with van der Waals surface area (Å²) in [5, 5.41) is 0. The smallest absolute Gasteiger partial charge is 0.114 e. The minimum absolute atomic E-state index is 0.0122. The molecule has 0 saturated carbocycles. The monoisotopic (exact) mass is 232 g/mol. The van der Waals surface area contributed by atoms with E-state index < -0.39 is 0 Å². The maximum absolute atomic E-state index is 5.94. The number of hydrogen-bond donors (Lipinski definition) is 0. The number of unbranched alkanes of at least 4 members (excludes halogenated alkanes) is 1. The lowest BCUT2D eigenvalue weighted by atomic mass is 10.0. The molecule has 0 aromatic rings. The fourth-order valence-corrected chi connectivity index (χ4v) is 2.31. The van der Waals surface area contributed by atoms with Crippen molar-refractivity contribution in [2.24, 2.45) is 0 Å². The zero-order valence-corrected chi connectivity index (χ0v) is 10.8. The standard InChI is InChI=1S/C12H24O4/c1-5-6-7-9-11(14-3)12(15-4)10(16-9)8-13-2/h9-12H,5-8H2,1-4H3/t9-,10-,11+,12+/m1/s1. The molecule has 16 heavy (non-hydrogen) atoms. The van der Waals surface area contributed by atoms with Crippen molar-refractivity contribution in [3.05, 3.63) is 0 Å². The van der Waals surface area contributed by atoms with E-state index in [0.717, 1.165) is 12.8 Å². The highest BCUT2D eigenvalue weighted by molar-refractivity contribution is 4.92. The Hall–Kier alpha value is -0.160. The number of rotatable bonds is 7. The van der Waals surface area contributed by atoms with Crippen LogP contribution in [0.1, 0.15) is 26.2 Å². The van der Waals surface area contributed by atoms with Crippen LogP contribution in [0.4, 0.5) is 0 Å². The lowest BCUT2D eigenvalue weighted by Gasteiger charge is -2.21. The molecular weight excluding hydrogens is 208 g/mol. The quantitative estimate of drug-likeness (QED) is 0.668. The highest BCUT2D eigenvalue weighted by Gasteiger charge is 2.44. The summed E-state index contributed by atoms with van der Waals surface area (Å²) in [6, 6.07) is 0. The van der Waals surface area contributed by atoms with Gasteiger partial charge in [0.15, 0.2) is 0 Å². The van der Waals surface area contributed by atoms with E-state index in [4.69, 9.17) is 18.9 Å². The highest BCUT2D eigenvalue weighted by atomic mass is 16.6. The second-order valence-corrected chi connectivity index (χ2v) is 4.21. The summed E-state index contributed by atoms with van der Waals surface area (Å²) in [5.41, 5.74) is 0. The zero-order valence-electron chi connectivity index (χ0n) is 10.8. The van der Waals surface area contributed by atoms with Crippen LogP contribution in [-0.4, -0.2) is 52.4 Å². The fourth-order valence-electron chi connectivity index (χ4n) is 2.31. The molecule has 0 N–H and O–H groups in total. The Kier molecular flexibility index (Phi) is 6.28. The first kappa shape index (κ1) is 13.9. The van der Waals surface area contributed by atoms with Crippen LogP contribution in [0.25, 0.3) is 0 Å². The van der Waals surface area contributed by atoms with Gasteiger partial charge in [-0.05, 0) is 6.42 Å². The van der Waals surface area contributed by atoms with E-state index >= 15 is 0 Å². The van der Waals surface area contributed by atoms with Gasteiger partial charge in [-0.25, -0.2) is 0 Å². The van der Waals surface area contributed by atoms with E-state index in [-0.39, 0.29) is 24.4 Å². The van der Waals surface area contributed by atoms with E-state index in [1.807, 2.05) is 0 Å². The predicted molar refractivity (Wildman–Crippen MR) is 61.7 cm³/mol. The van der Waals surface area contributed by atoms with Gasteiger partial charge in [0.05, 0.1) is 12.7 Å². The average Bonchev–Trinajstić information content (AvgIpc) is 2.63. The molecule has 1 rings (SSSR count). The van der Waals surface area contributed by atoms with E-state index in [2.05, 4.69) is 6.92 Å². The van der Waals surface area contributed by atoms with Gasteiger partial charge in [-0.2, -0.15) is 0 Å². The summed E-state index contributed by atoms with van der Waals surface area (Å²) >= 11 is 0. The van der Waals surface area contributed by atoms with Crippen molar-refractivity contribution >= 4 is 0 Å². The molecule has 1 aliphatic rings. The second kappa shape index (κ2) is 7.22. The number of hydrogen-bond acceptors (Lipinski definition) is 4. The number of methoxy groups -OCH3 is 3. The van der Waals surface area contributed by atoms with Crippen molar-refractivity contribution in [2.75, 3.05) is 27.9 Å². The van der Waals surface area contributed by atoms with Crippen molar-refractivity contribution in [3.8, 4) is 0 Å². The van der Waals surface area contributed by atoms with Crippen LogP contribution in [-0.2, 0) is 18.9 Å². The molecule has 0 bridgehead atoms. The molecule has 0 aromatic carbocycles. The van der Waals surface area contributed by atoms with Gasteiger partial charge in [-0.1, -0.05) is 19.8 Å². The molecule has 0 aromatic heterocycles. The first-order valence-electron chi connectivity index (χ1n) is 5.98. The first-order chi connectivity index (χ1) is 7.78. The normalized spacial score (nSPS) is 34.5. The maximum atomic E-state index is 5.94. The molecule has 0 radical (unpaired) electrons. The SMILES string of the molecule is CCCC[C@H]1O[C@H](COC)[C@H](OC)[C@H]1OC. The van der Waals surface area contributed by atoms with Gasteiger partial charge < -0.3 is 18.9 Å². The number of ether oxygens (including phenoxy) is 4. The molecule has 96 valence electrons. The van der Waals surface area contributed by atoms with Gasteiger partial charge in [0.25, 0.3) is 0 Å². The molecule has 1 fully saturated rings. The van der Waals surface area contributed by atoms with E-state index in [1.54, 1.807) is 21.3 Å². The molecule has 4 heteroatoms. The van der Waals surface area contributed by atoms with Crippen molar-refractivity contribution in [1.29, 1.82) is 0 Å². The van der Waals surface area contributed by atoms with Crippen molar-refractivity contribution in [2.45, 2.75) is 50.6 Å². The topological polar surface area (TPSA) is 36.9 Å². The molecule has 0 unspecified atom stereocenters. The van der Waals surface area contributed by atoms with Crippen molar-refractivity contribution < 1.29 is 18.9 Å². The van der Waals surface area contributed by atoms with Gasteiger partial charge in [-0.3, -0.25) is 0 Å². The van der Waals surface area contributed by atoms with Crippen LogP contribution in [0.15, 0.2) is 0 Å². The molecule has 1 saturated heterocycles. The summed E-state index contributed by atoms with van der Waals surface area (Å²) in [7, 11) is 5.09. The van der Waals surface area contributed by atoms with E-state index in [1.165, 1.54) is 6.42 Å². The van der Waals surface area contributed by atoms with Gasteiger partial charge in [0, 0.05) is 21.3 Å². The Morgan fingerprint density at radius 3 is 2.12 bits per heavy atom. The predicted octanol–water partition coefficient (Wildman–Crippen LogP) is 1.62. The Bertz CT molecular complexity index is 186. The third-order valence-corrected chi connectivity index (χ3v) is 3.12. The zero-order chi connectivity index (χ0) is 12.0. The molecule has 0 amide bonds. The van der Waals surface area contributed by atoms with Gasteiger partial charge in [0.1, 0.15) is 18.3 Å². The maximum Gasteiger partial charge on any atom is 0.114 e. The van der Waals surface area contributed by atoms with Crippen molar-refractivity contribution in [3.63, 3.8) is 0 Å². The Labute approximate surface area is 98.2 Å². The lowest BCUT2D eigenvalue weighted by molar-refractivity contribution is -0.0481. The molecule has 1 heterocycles. The van der Waals surface area contributed by atoms with Crippen LogP contribution in [0.3, 0.4) is 0 Å². The van der Waals surface area contributed by atoms with Gasteiger partial charge in [-0.15, -0.1) is 0 Å².